The summed E-state index contributed by atoms with van der Waals surface area (Å²) in [7, 11) is 0. The molecule has 0 bridgehead atoms. The standard InChI is InChI=1S/C16H24N6O8/c1-7(23)13(17)16(30)22-9(2-8-4-18-6-20-8)15(29)21-10(3-11(24)25)14(28)19-5-12(26)27/h4,6-7,9-10,13,23H,2-3,5,17H2,1H3,(H,18,20)(H,19,28)(H,21,29)(H,22,30)(H,24,25)(H,26,27). The van der Waals surface area contributed by atoms with Gasteiger partial charge in [0.15, 0.2) is 0 Å². The second-order valence-corrected chi connectivity index (χ2v) is 6.38. The third kappa shape index (κ3) is 8.24. The second-order valence-electron chi connectivity index (χ2n) is 6.38. The summed E-state index contributed by atoms with van der Waals surface area (Å²) in [5.41, 5.74) is 5.99. The summed E-state index contributed by atoms with van der Waals surface area (Å²) in [5, 5.41) is 33.5. The molecule has 0 aliphatic rings. The molecule has 14 nitrogen and oxygen atoms in total. The Labute approximate surface area is 170 Å². The molecular formula is C16H24N6O8. The van der Waals surface area contributed by atoms with Crippen molar-refractivity contribution in [2.24, 2.45) is 5.73 Å². The molecule has 4 atom stereocenters. The second kappa shape index (κ2) is 11.5. The van der Waals surface area contributed by atoms with Crippen LogP contribution in [0, 0.1) is 0 Å². The third-order valence-corrected chi connectivity index (χ3v) is 3.86. The van der Waals surface area contributed by atoms with Crippen LogP contribution in [0.1, 0.15) is 19.0 Å². The van der Waals surface area contributed by atoms with Crippen LogP contribution in [0.2, 0.25) is 0 Å². The van der Waals surface area contributed by atoms with Gasteiger partial charge in [-0.05, 0) is 6.92 Å². The minimum Gasteiger partial charge on any atom is -0.481 e. The van der Waals surface area contributed by atoms with Gasteiger partial charge in [-0.1, -0.05) is 0 Å². The van der Waals surface area contributed by atoms with Gasteiger partial charge in [-0.25, -0.2) is 4.98 Å². The number of hydrogen-bond donors (Lipinski definition) is 8. The Kier molecular flexibility index (Phi) is 9.38. The minimum absolute atomic E-state index is 0.110. The summed E-state index contributed by atoms with van der Waals surface area (Å²) in [6, 6.07) is -4.23. The fourth-order valence-corrected chi connectivity index (χ4v) is 2.25. The first kappa shape index (κ1) is 24.5. The maximum absolute atomic E-state index is 12.7. The van der Waals surface area contributed by atoms with Crippen molar-refractivity contribution in [3.05, 3.63) is 18.2 Å². The Bertz CT molecular complexity index is 766. The smallest absolute Gasteiger partial charge is 0.322 e. The lowest BCUT2D eigenvalue weighted by molar-refractivity contribution is -0.141. The van der Waals surface area contributed by atoms with Crippen molar-refractivity contribution in [3.63, 3.8) is 0 Å². The van der Waals surface area contributed by atoms with Crippen LogP contribution in [-0.2, 0) is 30.4 Å². The van der Waals surface area contributed by atoms with Crippen LogP contribution in [0.15, 0.2) is 12.5 Å². The average molecular weight is 428 g/mol. The van der Waals surface area contributed by atoms with Crippen LogP contribution in [0.3, 0.4) is 0 Å². The molecule has 4 unspecified atom stereocenters. The molecule has 166 valence electrons. The molecule has 0 saturated carbocycles. The molecule has 0 spiro atoms. The number of amides is 3. The van der Waals surface area contributed by atoms with Crippen molar-refractivity contribution < 1.29 is 39.3 Å². The van der Waals surface area contributed by atoms with Crippen LogP contribution in [0.4, 0.5) is 0 Å². The van der Waals surface area contributed by atoms with Gasteiger partial charge in [0.2, 0.25) is 17.7 Å². The molecule has 0 radical (unpaired) electrons. The lowest BCUT2D eigenvalue weighted by Gasteiger charge is -2.23. The van der Waals surface area contributed by atoms with Gasteiger partial charge in [0.1, 0.15) is 24.7 Å². The van der Waals surface area contributed by atoms with Gasteiger partial charge in [0.25, 0.3) is 0 Å². The first-order chi connectivity index (χ1) is 14.0. The van der Waals surface area contributed by atoms with Gasteiger partial charge in [0, 0.05) is 18.3 Å². The quantitative estimate of drug-likeness (QED) is 0.162. The molecule has 1 aromatic rings. The van der Waals surface area contributed by atoms with Crippen molar-refractivity contribution in [2.45, 2.75) is 44.0 Å². The number of aliphatic hydroxyl groups excluding tert-OH is 1. The molecule has 9 N–H and O–H groups in total. The van der Waals surface area contributed by atoms with E-state index in [2.05, 4.69) is 20.6 Å². The first-order valence-corrected chi connectivity index (χ1v) is 8.74. The molecular weight excluding hydrogens is 404 g/mol. The van der Waals surface area contributed by atoms with E-state index in [-0.39, 0.29) is 6.42 Å². The highest BCUT2D eigenvalue weighted by Gasteiger charge is 2.30. The summed E-state index contributed by atoms with van der Waals surface area (Å²) < 4.78 is 0. The lowest BCUT2D eigenvalue weighted by Crippen LogP contribution is -2.58. The molecule has 1 aromatic heterocycles. The van der Waals surface area contributed by atoms with E-state index in [9.17, 15) is 29.1 Å². The van der Waals surface area contributed by atoms with Crippen molar-refractivity contribution >= 4 is 29.7 Å². The Morgan fingerprint density at radius 2 is 1.70 bits per heavy atom. The molecule has 0 fully saturated rings. The fourth-order valence-electron chi connectivity index (χ4n) is 2.25. The number of aromatic nitrogens is 2. The van der Waals surface area contributed by atoms with Gasteiger partial charge in [0.05, 0.1) is 18.9 Å². The topological polar surface area (TPSA) is 237 Å². The number of aliphatic carboxylic acids is 2. The zero-order valence-corrected chi connectivity index (χ0v) is 16.0. The van der Waals surface area contributed by atoms with E-state index < -0.39 is 66.9 Å². The number of nitrogens with two attached hydrogens (primary N) is 1. The molecule has 14 heteroatoms. The number of rotatable bonds is 12. The SMILES string of the molecule is CC(O)C(N)C(=O)NC(Cc1cnc[nH]1)C(=O)NC(CC(=O)O)C(=O)NCC(=O)O. The van der Waals surface area contributed by atoms with Crippen molar-refractivity contribution in [2.75, 3.05) is 6.54 Å². The average Bonchev–Trinajstić information content (AvgIpc) is 3.16. The van der Waals surface area contributed by atoms with E-state index in [1.165, 1.54) is 19.4 Å². The van der Waals surface area contributed by atoms with Crippen molar-refractivity contribution in [1.82, 2.24) is 25.9 Å². The number of aromatic amines is 1. The highest BCUT2D eigenvalue weighted by molar-refractivity contribution is 5.95. The largest absolute Gasteiger partial charge is 0.481 e. The Hall–Kier alpha value is -3.52. The Morgan fingerprint density at radius 1 is 1.07 bits per heavy atom. The number of carboxylic acids is 2. The van der Waals surface area contributed by atoms with E-state index in [4.69, 9.17) is 15.9 Å². The molecule has 0 aliphatic carbocycles. The number of nitrogens with zero attached hydrogens (tertiary/aromatic N) is 1. The predicted molar refractivity (Wildman–Crippen MR) is 98.7 cm³/mol. The number of H-pyrrole nitrogens is 1. The predicted octanol–water partition coefficient (Wildman–Crippen LogP) is -3.69. The molecule has 3 amide bonds. The van der Waals surface area contributed by atoms with E-state index >= 15 is 0 Å². The first-order valence-electron chi connectivity index (χ1n) is 8.74. The number of aliphatic hydroxyl groups is 1. The molecule has 1 rings (SSSR count). The summed E-state index contributed by atoms with van der Waals surface area (Å²) in [6.45, 7) is 0.506. The Balaban J connectivity index is 2.97. The van der Waals surface area contributed by atoms with E-state index in [0.29, 0.717) is 5.69 Å². The van der Waals surface area contributed by atoms with Gasteiger partial charge < -0.3 is 42.0 Å². The molecule has 1 heterocycles. The van der Waals surface area contributed by atoms with Crippen molar-refractivity contribution in [3.8, 4) is 0 Å². The molecule has 30 heavy (non-hydrogen) atoms. The molecule has 0 aliphatic heterocycles. The van der Waals surface area contributed by atoms with Crippen molar-refractivity contribution in [1.29, 1.82) is 0 Å². The van der Waals surface area contributed by atoms with Crippen LogP contribution < -0.4 is 21.7 Å². The maximum Gasteiger partial charge on any atom is 0.322 e. The van der Waals surface area contributed by atoms with Crippen LogP contribution in [0.25, 0.3) is 0 Å². The van der Waals surface area contributed by atoms with Crippen LogP contribution in [-0.4, -0.2) is 85.7 Å². The van der Waals surface area contributed by atoms with E-state index in [1.807, 2.05) is 5.32 Å². The monoisotopic (exact) mass is 428 g/mol. The summed E-state index contributed by atoms with van der Waals surface area (Å²) in [5.74, 6) is -5.58. The number of carbonyl (C=O) groups excluding carboxylic acids is 3. The third-order valence-electron chi connectivity index (χ3n) is 3.86. The minimum atomic E-state index is -1.60. The van der Waals surface area contributed by atoms with Crippen LogP contribution in [0.5, 0.6) is 0 Å². The zero-order chi connectivity index (χ0) is 22.8. The van der Waals surface area contributed by atoms with Crippen LogP contribution >= 0.6 is 0 Å². The highest BCUT2D eigenvalue weighted by Crippen LogP contribution is 2.03. The van der Waals surface area contributed by atoms with Gasteiger partial charge in [-0.2, -0.15) is 0 Å². The highest BCUT2D eigenvalue weighted by atomic mass is 16.4. The maximum atomic E-state index is 12.7. The molecule has 0 aromatic carbocycles. The normalized spacial score (nSPS) is 14.6. The summed E-state index contributed by atoms with van der Waals surface area (Å²) in [4.78, 5) is 65.0. The zero-order valence-electron chi connectivity index (χ0n) is 16.0. The number of hydrogen-bond acceptors (Lipinski definition) is 8. The summed E-state index contributed by atoms with van der Waals surface area (Å²) in [6.07, 6.45) is 0.577. The fraction of sp³-hybridized carbons (Fsp3) is 0.500. The lowest BCUT2D eigenvalue weighted by atomic mass is 10.1. The number of imidazole rings is 1. The molecule has 0 saturated heterocycles. The number of nitrogens with one attached hydrogen (secondary N) is 4. The van der Waals surface area contributed by atoms with Gasteiger partial charge in [-0.3, -0.25) is 24.0 Å². The summed E-state index contributed by atoms with van der Waals surface area (Å²) >= 11 is 0. The van der Waals surface area contributed by atoms with E-state index in [0.717, 1.165) is 0 Å². The van der Waals surface area contributed by atoms with E-state index in [1.54, 1.807) is 0 Å². The number of carbonyl (C=O) groups is 5. The number of carboxylic acid groups (broad SMARTS) is 2. The van der Waals surface area contributed by atoms with Gasteiger partial charge in [-0.15, -0.1) is 0 Å². The van der Waals surface area contributed by atoms with Gasteiger partial charge >= 0.3 is 11.9 Å². The Morgan fingerprint density at radius 3 is 2.20 bits per heavy atom.